The molecule has 110 valence electrons. The minimum absolute atomic E-state index is 0.0790. The molecule has 2 N–H and O–H groups in total. The van der Waals surface area contributed by atoms with Crippen molar-refractivity contribution in [3.63, 3.8) is 0 Å². The Morgan fingerprint density at radius 2 is 2.10 bits per heavy atom. The Balaban J connectivity index is 1.44. The first-order chi connectivity index (χ1) is 10.3. The smallest absolute Gasteiger partial charge is 0.208 e. The van der Waals surface area contributed by atoms with E-state index < -0.39 is 0 Å². The molecular weight excluding hydrogens is 282 g/mol. The second-order valence-corrected chi connectivity index (χ2v) is 7.09. The van der Waals surface area contributed by atoms with Gasteiger partial charge in [0.15, 0.2) is 5.82 Å². The van der Waals surface area contributed by atoms with E-state index in [1.807, 2.05) is 0 Å². The molecule has 0 saturated heterocycles. The van der Waals surface area contributed by atoms with Crippen LogP contribution in [-0.2, 0) is 12.8 Å². The van der Waals surface area contributed by atoms with Crippen LogP contribution in [-0.4, -0.2) is 32.1 Å². The van der Waals surface area contributed by atoms with Gasteiger partial charge >= 0.3 is 0 Å². The fourth-order valence-electron chi connectivity index (χ4n) is 3.19. The van der Waals surface area contributed by atoms with Crippen LogP contribution in [0.1, 0.15) is 30.4 Å². The van der Waals surface area contributed by atoms with Gasteiger partial charge in [0.25, 0.3) is 0 Å². The number of hydrogen-bond acceptors (Lipinski definition) is 4. The molecule has 0 unspecified atom stereocenters. The van der Waals surface area contributed by atoms with Gasteiger partial charge < -0.3 is 5.11 Å². The first-order valence-electron chi connectivity index (χ1n) is 7.63. The van der Waals surface area contributed by atoms with Gasteiger partial charge in [-0.1, -0.05) is 23.9 Å². The van der Waals surface area contributed by atoms with Gasteiger partial charge in [-0.05, 0) is 55.2 Å². The summed E-state index contributed by atoms with van der Waals surface area (Å²) in [5.74, 6) is 2.48. The molecule has 2 aromatic rings. The van der Waals surface area contributed by atoms with Crippen molar-refractivity contribution in [2.45, 2.75) is 43.4 Å². The number of thioether (sulfide) groups is 1. The molecule has 2 aliphatic carbocycles. The third-order valence-electron chi connectivity index (χ3n) is 4.50. The predicted molar refractivity (Wildman–Crippen MR) is 83.3 cm³/mol. The lowest BCUT2D eigenvalue weighted by atomic mass is 9.84. The zero-order chi connectivity index (χ0) is 14.2. The van der Waals surface area contributed by atoms with E-state index >= 15 is 0 Å². The zero-order valence-electron chi connectivity index (χ0n) is 11.9. The summed E-state index contributed by atoms with van der Waals surface area (Å²) in [5.41, 5.74) is 4.08. The standard InChI is InChI=1S/C16H19N3OS/c20-14-6-10(7-14)9-21-16-17-15(18-19-16)13-5-4-11-2-1-3-12(11)8-13/h4-5,8,10,14,20H,1-3,6-7,9H2,(H,17,18,19). The highest BCUT2D eigenvalue weighted by Crippen LogP contribution is 2.32. The molecule has 0 bridgehead atoms. The summed E-state index contributed by atoms with van der Waals surface area (Å²) >= 11 is 1.68. The summed E-state index contributed by atoms with van der Waals surface area (Å²) in [4.78, 5) is 4.59. The zero-order valence-corrected chi connectivity index (χ0v) is 12.7. The number of benzene rings is 1. The number of aliphatic hydroxyl groups excluding tert-OH is 1. The van der Waals surface area contributed by atoms with Gasteiger partial charge in [-0.15, -0.1) is 5.10 Å². The Kier molecular flexibility index (Phi) is 3.47. The van der Waals surface area contributed by atoms with Crippen LogP contribution in [0.25, 0.3) is 11.4 Å². The average Bonchev–Trinajstić information content (AvgIpc) is 3.10. The monoisotopic (exact) mass is 301 g/mol. The van der Waals surface area contributed by atoms with Crippen LogP contribution in [0.15, 0.2) is 23.4 Å². The van der Waals surface area contributed by atoms with Crippen LogP contribution >= 0.6 is 11.8 Å². The highest BCUT2D eigenvalue weighted by Gasteiger charge is 2.27. The fraction of sp³-hybridized carbons (Fsp3) is 0.500. The van der Waals surface area contributed by atoms with E-state index in [0.717, 1.165) is 35.1 Å². The van der Waals surface area contributed by atoms with Crippen molar-refractivity contribution >= 4 is 11.8 Å². The molecule has 1 saturated carbocycles. The number of hydrogen-bond donors (Lipinski definition) is 2. The summed E-state index contributed by atoms with van der Waals surface area (Å²) in [5, 5.41) is 17.5. The molecular formula is C16H19N3OS. The van der Waals surface area contributed by atoms with Crippen molar-refractivity contribution < 1.29 is 5.11 Å². The Labute approximate surface area is 128 Å². The number of fused-ring (bicyclic) bond motifs is 1. The SMILES string of the molecule is OC1CC(CSc2n[nH]c(-c3ccc4c(c3)CCC4)n2)C1. The van der Waals surface area contributed by atoms with E-state index in [0.29, 0.717) is 5.92 Å². The van der Waals surface area contributed by atoms with Crippen molar-refractivity contribution in [3.8, 4) is 11.4 Å². The highest BCUT2D eigenvalue weighted by molar-refractivity contribution is 7.99. The number of rotatable bonds is 4. The quantitative estimate of drug-likeness (QED) is 0.853. The van der Waals surface area contributed by atoms with Crippen LogP contribution in [0.5, 0.6) is 0 Å². The predicted octanol–water partition coefficient (Wildman–Crippen LogP) is 2.82. The number of aliphatic hydroxyl groups is 1. The van der Waals surface area contributed by atoms with Gasteiger partial charge in [-0.25, -0.2) is 4.98 Å². The summed E-state index contributed by atoms with van der Waals surface area (Å²) in [6, 6.07) is 6.61. The summed E-state index contributed by atoms with van der Waals surface area (Å²) in [6.07, 6.45) is 5.43. The molecule has 0 spiro atoms. The number of H-pyrrole nitrogens is 1. The van der Waals surface area contributed by atoms with E-state index in [-0.39, 0.29) is 6.10 Å². The molecule has 21 heavy (non-hydrogen) atoms. The lowest BCUT2D eigenvalue weighted by Crippen LogP contribution is -2.29. The van der Waals surface area contributed by atoms with Gasteiger partial charge in [0, 0.05) is 11.3 Å². The number of aromatic nitrogens is 3. The van der Waals surface area contributed by atoms with Gasteiger partial charge in [-0.2, -0.15) is 0 Å². The molecule has 0 aliphatic heterocycles. The van der Waals surface area contributed by atoms with Gasteiger partial charge in [-0.3, -0.25) is 5.10 Å². The lowest BCUT2D eigenvalue weighted by molar-refractivity contribution is 0.0532. The summed E-state index contributed by atoms with van der Waals surface area (Å²) in [6.45, 7) is 0. The van der Waals surface area contributed by atoms with Crippen molar-refractivity contribution in [2.75, 3.05) is 5.75 Å². The number of nitrogens with zero attached hydrogens (tertiary/aromatic N) is 2. The van der Waals surface area contributed by atoms with E-state index in [1.165, 1.54) is 30.4 Å². The Morgan fingerprint density at radius 3 is 2.95 bits per heavy atom. The van der Waals surface area contributed by atoms with Crippen LogP contribution < -0.4 is 0 Å². The molecule has 1 fully saturated rings. The van der Waals surface area contributed by atoms with E-state index in [9.17, 15) is 5.11 Å². The van der Waals surface area contributed by atoms with Crippen molar-refractivity contribution in [1.82, 2.24) is 15.2 Å². The average molecular weight is 301 g/mol. The molecule has 1 aromatic heterocycles. The number of aryl methyl sites for hydroxylation is 2. The van der Waals surface area contributed by atoms with E-state index in [2.05, 4.69) is 33.4 Å². The minimum atomic E-state index is -0.0790. The van der Waals surface area contributed by atoms with E-state index in [1.54, 1.807) is 11.8 Å². The number of aromatic amines is 1. The molecule has 4 nitrogen and oxygen atoms in total. The number of nitrogens with one attached hydrogen (secondary N) is 1. The topological polar surface area (TPSA) is 61.8 Å². The molecule has 0 radical (unpaired) electrons. The first kappa shape index (κ1) is 13.3. The molecule has 1 aromatic carbocycles. The molecule has 0 atom stereocenters. The van der Waals surface area contributed by atoms with Crippen LogP contribution in [0.4, 0.5) is 0 Å². The van der Waals surface area contributed by atoms with Gasteiger partial charge in [0.2, 0.25) is 5.16 Å². The Hall–Kier alpha value is -1.33. The molecule has 0 amide bonds. The molecule has 1 heterocycles. The third kappa shape index (κ3) is 2.72. The van der Waals surface area contributed by atoms with Crippen molar-refractivity contribution in [2.24, 2.45) is 5.92 Å². The maximum absolute atomic E-state index is 9.30. The molecule has 2 aliphatic rings. The van der Waals surface area contributed by atoms with E-state index in [4.69, 9.17) is 0 Å². The summed E-state index contributed by atoms with van der Waals surface area (Å²) < 4.78 is 0. The maximum Gasteiger partial charge on any atom is 0.208 e. The van der Waals surface area contributed by atoms with Crippen molar-refractivity contribution in [1.29, 1.82) is 0 Å². The largest absolute Gasteiger partial charge is 0.393 e. The maximum atomic E-state index is 9.30. The van der Waals surface area contributed by atoms with Crippen LogP contribution in [0.2, 0.25) is 0 Å². The normalized spacial score (nSPS) is 23.9. The Bertz CT molecular complexity index is 649. The fourth-order valence-corrected chi connectivity index (χ4v) is 4.11. The Morgan fingerprint density at radius 1 is 1.24 bits per heavy atom. The molecule has 5 heteroatoms. The van der Waals surface area contributed by atoms with Gasteiger partial charge in [0.1, 0.15) is 0 Å². The van der Waals surface area contributed by atoms with Crippen LogP contribution in [0.3, 0.4) is 0 Å². The second-order valence-electron chi connectivity index (χ2n) is 6.11. The second kappa shape index (κ2) is 5.46. The lowest BCUT2D eigenvalue weighted by Gasteiger charge is -2.30. The first-order valence-corrected chi connectivity index (χ1v) is 8.62. The summed E-state index contributed by atoms with van der Waals surface area (Å²) in [7, 11) is 0. The van der Waals surface area contributed by atoms with Crippen molar-refractivity contribution in [3.05, 3.63) is 29.3 Å². The highest BCUT2D eigenvalue weighted by atomic mass is 32.2. The third-order valence-corrected chi connectivity index (χ3v) is 5.57. The molecule has 4 rings (SSSR count). The van der Waals surface area contributed by atoms with Crippen LogP contribution in [0, 0.1) is 5.92 Å². The minimum Gasteiger partial charge on any atom is -0.393 e. The van der Waals surface area contributed by atoms with Gasteiger partial charge in [0.05, 0.1) is 6.10 Å².